The van der Waals surface area contributed by atoms with E-state index in [2.05, 4.69) is 5.32 Å². The van der Waals surface area contributed by atoms with Crippen LogP contribution in [0.1, 0.15) is 11.7 Å². The molecule has 3 N–H and O–H groups in total. The van der Waals surface area contributed by atoms with Crippen LogP contribution in [-0.2, 0) is 0 Å². The number of aliphatic hydroxyl groups excluding tert-OH is 1. The number of rotatable bonds is 3. The highest BCUT2D eigenvalue weighted by Gasteiger charge is 2.26. The molecular formula is C11H14ClNO4. The SMILES string of the molecule is CNCC(O)c1c(O)c(Cl)cc2c1OCCO2. The van der Waals surface area contributed by atoms with Gasteiger partial charge in [0, 0.05) is 12.6 Å². The van der Waals surface area contributed by atoms with Gasteiger partial charge in [0.05, 0.1) is 16.7 Å². The Balaban J connectivity index is 2.50. The van der Waals surface area contributed by atoms with Gasteiger partial charge in [-0.15, -0.1) is 0 Å². The normalized spacial score (nSPS) is 15.7. The maximum absolute atomic E-state index is 9.97. The Labute approximate surface area is 104 Å². The van der Waals surface area contributed by atoms with Crippen molar-refractivity contribution in [3.05, 3.63) is 16.7 Å². The average Bonchev–Trinajstić information content (AvgIpc) is 2.31. The second-order valence-electron chi connectivity index (χ2n) is 3.72. The van der Waals surface area contributed by atoms with Gasteiger partial charge < -0.3 is 25.0 Å². The highest BCUT2D eigenvalue weighted by molar-refractivity contribution is 6.32. The summed E-state index contributed by atoms with van der Waals surface area (Å²) >= 11 is 5.88. The zero-order valence-electron chi connectivity index (χ0n) is 9.36. The van der Waals surface area contributed by atoms with E-state index in [1.165, 1.54) is 6.07 Å². The van der Waals surface area contributed by atoms with Gasteiger partial charge in [-0.25, -0.2) is 0 Å². The van der Waals surface area contributed by atoms with E-state index in [-0.39, 0.29) is 22.9 Å². The molecule has 5 nitrogen and oxygen atoms in total. The van der Waals surface area contributed by atoms with Crippen LogP contribution in [0, 0.1) is 0 Å². The standard InChI is InChI=1S/C11H14ClNO4/c1-13-5-7(14)9-10(15)6(12)4-8-11(9)17-3-2-16-8/h4,7,13-15H,2-3,5H2,1H3. The Kier molecular flexibility index (Phi) is 3.61. The van der Waals surface area contributed by atoms with Gasteiger partial charge in [-0.3, -0.25) is 0 Å². The summed E-state index contributed by atoms with van der Waals surface area (Å²) in [5.74, 6) is 0.642. The fourth-order valence-electron chi connectivity index (χ4n) is 1.77. The molecule has 1 aromatic rings. The molecule has 0 aromatic heterocycles. The summed E-state index contributed by atoms with van der Waals surface area (Å²) in [6.07, 6.45) is -0.908. The molecule has 0 bridgehead atoms. The lowest BCUT2D eigenvalue weighted by molar-refractivity contribution is 0.143. The number of nitrogens with one attached hydrogen (secondary N) is 1. The van der Waals surface area contributed by atoms with Crippen LogP contribution in [0.2, 0.25) is 5.02 Å². The van der Waals surface area contributed by atoms with Gasteiger partial charge in [-0.2, -0.15) is 0 Å². The monoisotopic (exact) mass is 259 g/mol. The predicted octanol–water partition coefficient (Wildman–Crippen LogP) is 1.07. The van der Waals surface area contributed by atoms with Crippen LogP contribution in [0.15, 0.2) is 6.07 Å². The van der Waals surface area contributed by atoms with E-state index in [0.29, 0.717) is 24.7 Å². The molecule has 0 aliphatic carbocycles. The average molecular weight is 260 g/mol. The molecule has 2 rings (SSSR count). The van der Waals surface area contributed by atoms with Crippen molar-refractivity contribution in [2.45, 2.75) is 6.10 Å². The number of aromatic hydroxyl groups is 1. The van der Waals surface area contributed by atoms with Crippen LogP contribution in [-0.4, -0.2) is 37.0 Å². The van der Waals surface area contributed by atoms with Crippen molar-refractivity contribution in [3.63, 3.8) is 0 Å². The summed E-state index contributed by atoms with van der Waals surface area (Å²) in [5, 5.41) is 22.8. The Morgan fingerprint density at radius 2 is 2.18 bits per heavy atom. The number of hydrogen-bond acceptors (Lipinski definition) is 5. The molecule has 0 amide bonds. The summed E-state index contributed by atoms with van der Waals surface area (Å²) in [4.78, 5) is 0. The number of halogens is 1. The van der Waals surface area contributed by atoms with Crippen molar-refractivity contribution < 1.29 is 19.7 Å². The van der Waals surface area contributed by atoms with Gasteiger partial charge in [0.1, 0.15) is 19.0 Å². The first-order chi connectivity index (χ1) is 8.15. The minimum absolute atomic E-state index is 0.138. The molecule has 94 valence electrons. The zero-order chi connectivity index (χ0) is 12.4. The van der Waals surface area contributed by atoms with Crippen molar-refractivity contribution >= 4 is 11.6 Å². The number of fused-ring (bicyclic) bond motifs is 1. The highest BCUT2D eigenvalue weighted by Crippen LogP contribution is 2.46. The largest absolute Gasteiger partial charge is 0.506 e. The first kappa shape index (κ1) is 12.3. The molecule has 1 aliphatic heterocycles. The third kappa shape index (κ3) is 2.26. The zero-order valence-corrected chi connectivity index (χ0v) is 10.1. The van der Waals surface area contributed by atoms with E-state index >= 15 is 0 Å². The van der Waals surface area contributed by atoms with Gasteiger partial charge in [0.2, 0.25) is 0 Å². The van der Waals surface area contributed by atoms with Crippen LogP contribution < -0.4 is 14.8 Å². The first-order valence-electron chi connectivity index (χ1n) is 5.28. The van der Waals surface area contributed by atoms with Crippen LogP contribution in [0.25, 0.3) is 0 Å². The van der Waals surface area contributed by atoms with E-state index < -0.39 is 6.10 Å². The molecule has 1 unspecified atom stereocenters. The van der Waals surface area contributed by atoms with E-state index in [1.807, 2.05) is 0 Å². The Bertz CT molecular complexity index is 424. The molecule has 6 heteroatoms. The lowest BCUT2D eigenvalue weighted by atomic mass is 10.1. The van der Waals surface area contributed by atoms with Gasteiger partial charge in [-0.05, 0) is 7.05 Å². The molecule has 0 saturated heterocycles. The predicted molar refractivity (Wildman–Crippen MR) is 63.0 cm³/mol. The number of phenols is 1. The lowest BCUT2D eigenvalue weighted by Gasteiger charge is -2.24. The van der Waals surface area contributed by atoms with Crippen LogP contribution in [0.3, 0.4) is 0 Å². The van der Waals surface area contributed by atoms with E-state index in [1.54, 1.807) is 7.05 Å². The second kappa shape index (κ2) is 5.00. The third-order valence-electron chi connectivity index (χ3n) is 2.53. The maximum atomic E-state index is 9.97. The minimum Gasteiger partial charge on any atom is -0.506 e. The summed E-state index contributed by atoms with van der Waals surface area (Å²) in [7, 11) is 1.70. The number of phenolic OH excluding ortho intramolecular Hbond substituents is 1. The molecule has 17 heavy (non-hydrogen) atoms. The number of aliphatic hydroxyl groups is 1. The van der Waals surface area contributed by atoms with Crippen LogP contribution in [0.4, 0.5) is 0 Å². The first-order valence-corrected chi connectivity index (χ1v) is 5.66. The highest BCUT2D eigenvalue weighted by atomic mass is 35.5. The number of benzene rings is 1. The van der Waals surface area contributed by atoms with Crippen molar-refractivity contribution in [1.82, 2.24) is 5.32 Å². The van der Waals surface area contributed by atoms with Gasteiger partial charge in [0.15, 0.2) is 11.5 Å². The molecule has 0 spiro atoms. The molecule has 0 radical (unpaired) electrons. The minimum atomic E-state index is -0.908. The molecule has 1 atom stereocenters. The van der Waals surface area contributed by atoms with Crippen molar-refractivity contribution in [2.24, 2.45) is 0 Å². The summed E-state index contributed by atoms with van der Waals surface area (Å²) in [6, 6.07) is 1.49. The maximum Gasteiger partial charge on any atom is 0.171 e. The molecule has 0 fully saturated rings. The second-order valence-corrected chi connectivity index (χ2v) is 4.13. The smallest absolute Gasteiger partial charge is 0.171 e. The molecule has 1 heterocycles. The van der Waals surface area contributed by atoms with Crippen LogP contribution >= 0.6 is 11.6 Å². The quantitative estimate of drug-likeness (QED) is 0.757. The Hall–Kier alpha value is -1.17. The van der Waals surface area contributed by atoms with Gasteiger partial charge in [0.25, 0.3) is 0 Å². The fraction of sp³-hybridized carbons (Fsp3) is 0.455. The molecule has 1 aliphatic rings. The number of ether oxygens (including phenoxy) is 2. The molecular weight excluding hydrogens is 246 g/mol. The van der Waals surface area contributed by atoms with Crippen molar-refractivity contribution in [2.75, 3.05) is 26.8 Å². The molecule has 1 aromatic carbocycles. The van der Waals surface area contributed by atoms with E-state index in [0.717, 1.165) is 0 Å². The van der Waals surface area contributed by atoms with Gasteiger partial charge in [-0.1, -0.05) is 11.6 Å². The Morgan fingerprint density at radius 1 is 1.47 bits per heavy atom. The fourth-order valence-corrected chi connectivity index (χ4v) is 1.97. The summed E-state index contributed by atoms with van der Waals surface area (Å²) in [6.45, 7) is 1.09. The lowest BCUT2D eigenvalue weighted by Crippen LogP contribution is -2.21. The Morgan fingerprint density at radius 3 is 2.88 bits per heavy atom. The third-order valence-corrected chi connectivity index (χ3v) is 2.81. The summed E-state index contributed by atoms with van der Waals surface area (Å²) in [5.41, 5.74) is 0.265. The van der Waals surface area contributed by atoms with Crippen LogP contribution in [0.5, 0.6) is 17.2 Å². The molecule has 0 saturated carbocycles. The number of hydrogen-bond donors (Lipinski definition) is 3. The van der Waals surface area contributed by atoms with Crippen molar-refractivity contribution in [1.29, 1.82) is 0 Å². The van der Waals surface area contributed by atoms with E-state index in [9.17, 15) is 10.2 Å². The van der Waals surface area contributed by atoms with Crippen molar-refractivity contribution in [3.8, 4) is 17.2 Å². The van der Waals surface area contributed by atoms with Gasteiger partial charge >= 0.3 is 0 Å². The topological polar surface area (TPSA) is 71.0 Å². The number of likely N-dealkylation sites (N-methyl/N-ethyl adjacent to an activating group) is 1. The summed E-state index contributed by atoms with van der Waals surface area (Å²) < 4.78 is 10.8. The van der Waals surface area contributed by atoms with E-state index in [4.69, 9.17) is 21.1 Å².